The molecule has 0 unspecified atom stereocenters. The fourth-order valence-electron chi connectivity index (χ4n) is 2.79. The molecule has 1 heteroatoms. The molecule has 0 heterocycles. The van der Waals surface area contributed by atoms with Crippen molar-refractivity contribution in [3.05, 3.63) is 28.8 Å². The van der Waals surface area contributed by atoms with E-state index in [2.05, 4.69) is 60.6 Å². The molecule has 0 saturated carbocycles. The molecule has 0 fully saturated rings. The van der Waals surface area contributed by atoms with Gasteiger partial charge in [-0.2, -0.15) is 0 Å². The van der Waals surface area contributed by atoms with E-state index in [-0.39, 0.29) is 5.41 Å². The lowest BCUT2D eigenvalue weighted by molar-refractivity contribution is 0.284. The van der Waals surface area contributed by atoms with Gasteiger partial charge in [0.1, 0.15) is 0 Å². The number of hydrogen-bond donors (Lipinski definition) is 1. The molecule has 0 atom stereocenters. The second-order valence-electron chi connectivity index (χ2n) is 7.15. The molecule has 96 valence electrons. The van der Waals surface area contributed by atoms with Crippen LogP contribution in [0.25, 0.3) is 0 Å². The number of rotatable bonds is 2. The Hall–Kier alpha value is -0.980. The molecule has 0 radical (unpaired) electrons. The molecule has 1 aromatic rings. The number of benzene rings is 1. The first-order chi connectivity index (χ1) is 7.53. The summed E-state index contributed by atoms with van der Waals surface area (Å²) in [5.41, 5.74) is 11.3. The normalized spacial score (nSPS) is 12.9. The SMILES string of the molecule is Cc1cc(C(C)(C)CC(C)(C)C)cc(C)c1N. The summed E-state index contributed by atoms with van der Waals surface area (Å²) in [6, 6.07) is 4.49. The van der Waals surface area contributed by atoms with Crippen LogP contribution in [0.5, 0.6) is 0 Å². The van der Waals surface area contributed by atoms with Gasteiger partial charge in [-0.25, -0.2) is 0 Å². The van der Waals surface area contributed by atoms with Crippen LogP contribution >= 0.6 is 0 Å². The van der Waals surface area contributed by atoms with Crippen molar-refractivity contribution in [1.82, 2.24) is 0 Å². The highest BCUT2D eigenvalue weighted by Gasteiger charge is 2.27. The Morgan fingerprint density at radius 1 is 0.941 bits per heavy atom. The summed E-state index contributed by atoms with van der Waals surface area (Å²) >= 11 is 0. The van der Waals surface area contributed by atoms with E-state index in [1.165, 1.54) is 23.1 Å². The third kappa shape index (κ3) is 3.49. The Bertz CT molecular complexity index is 385. The van der Waals surface area contributed by atoms with Gasteiger partial charge >= 0.3 is 0 Å². The van der Waals surface area contributed by atoms with Gasteiger partial charge in [0.15, 0.2) is 0 Å². The minimum absolute atomic E-state index is 0.196. The molecule has 1 rings (SSSR count). The lowest BCUT2D eigenvalue weighted by atomic mass is 9.72. The maximum absolute atomic E-state index is 6.02. The van der Waals surface area contributed by atoms with Crippen molar-refractivity contribution in [2.24, 2.45) is 5.41 Å². The van der Waals surface area contributed by atoms with E-state index in [0.29, 0.717) is 5.41 Å². The van der Waals surface area contributed by atoms with Crippen molar-refractivity contribution in [3.8, 4) is 0 Å². The minimum Gasteiger partial charge on any atom is -0.398 e. The molecule has 17 heavy (non-hydrogen) atoms. The van der Waals surface area contributed by atoms with E-state index < -0.39 is 0 Å². The summed E-state index contributed by atoms with van der Waals surface area (Å²) in [6.07, 6.45) is 1.17. The van der Waals surface area contributed by atoms with Gasteiger partial charge < -0.3 is 5.73 Å². The van der Waals surface area contributed by atoms with Gasteiger partial charge in [0.2, 0.25) is 0 Å². The molecule has 0 aliphatic rings. The summed E-state index contributed by atoms with van der Waals surface area (Å²) in [5, 5.41) is 0. The average molecular weight is 233 g/mol. The van der Waals surface area contributed by atoms with Crippen LogP contribution in [-0.4, -0.2) is 0 Å². The van der Waals surface area contributed by atoms with Gasteiger partial charge in [0.25, 0.3) is 0 Å². The van der Waals surface area contributed by atoms with E-state index in [4.69, 9.17) is 5.73 Å². The van der Waals surface area contributed by atoms with Crippen LogP contribution in [0.2, 0.25) is 0 Å². The Kier molecular flexibility index (Phi) is 3.61. The lowest BCUT2D eigenvalue weighted by Crippen LogP contribution is -2.25. The highest BCUT2D eigenvalue weighted by molar-refractivity contribution is 5.55. The van der Waals surface area contributed by atoms with Crippen molar-refractivity contribution >= 4 is 5.69 Å². The predicted molar refractivity (Wildman–Crippen MR) is 77.4 cm³/mol. The van der Waals surface area contributed by atoms with Crippen LogP contribution in [0.4, 0.5) is 5.69 Å². The smallest absolute Gasteiger partial charge is 0.0373 e. The summed E-state index contributed by atoms with van der Waals surface area (Å²) < 4.78 is 0. The van der Waals surface area contributed by atoms with E-state index in [1.807, 2.05) is 0 Å². The zero-order valence-electron chi connectivity index (χ0n) is 12.4. The number of hydrogen-bond acceptors (Lipinski definition) is 1. The number of aryl methyl sites for hydroxylation is 2. The standard InChI is InChI=1S/C16H27N/c1-11-8-13(9-12(2)14(11)17)16(6,7)10-15(3,4)5/h8-9H,10,17H2,1-7H3. The third-order valence-electron chi connectivity index (χ3n) is 3.35. The van der Waals surface area contributed by atoms with Crippen LogP contribution < -0.4 is 5.73 Å². The molecule has 0 spiro atoms. The van der Waals surface area contributed by atoms with Crippen LogP contribution in [0, 0.1) is 19.3 Å². The highest BCUT2D eigenvalue weighted by atomic mass is 14.6. The fourth-order valence-corrected chi connectivity index (χ4v) is 2.79. The molecular weight excluding hydrogens is 206 g/mol. The molecule has 0 saturated heterocycles. The number of nitrogen functional groups attached to an aromatic ring is 1. The topological polar surface area (TPSA) is 26.0 Å². The Balaban J connectivity index is 3.16. The predicted octanol–water partition coefficient (Wildman–Crippen LogP) is 4.60. The first kappa shape index (κ1) is 14.1. The van der Waals surface area contributed by atoms with Gasteiger partial charge in [-0.1, -0.05) is 46.8 Å². The molecule has 2 N–H and O–H groups in total. The molecule has 0 aliphatic carbocycles. The van der Waals surface area contributed by atoms with E-state index in [1.54, 1.807) is 0 Å². The van der Waals surface area contributed by atoms with E-state index >= 15 is 0 Å². The van der Waals surface area contributed by atoms with Gasteiger partial charge in [-0.3, -0.25) is 0 Å². The van der Waals surface area contributed by atoms with Crippen molar-refractivity contribution in [1.29, 1.82) is 0 Å². The summed E-state index contributed by atoms with van der Waals surface area (Å²) in [7, 11) is 0. The molecule has 1 aromatic carbocycles. The van der Waals surface area contributed by atoms with Crippen molar-refractivity contribution in [2.45, 2.75) is 60.3 Å². The quantitative estimate of drug-likeness (QED) is 0.742. The first-order valence-electron chi connectivity index (χ1n) is 6.40. The van der Waals surface area contributed by atoms with Crippen LogP contribution in [0.15, 0.2) is 12.1 Å². The molecule has 0 aromatic heterocycles. The van der Waals surface area contributed by atoms with Crippen LogP contribution in [0.3, 0.4) is 0 Å². The molecular formula is C16H27N. The summed E-state index contributed by atoms with van der Waals surface area (Å²) in [4.78, 5) is 0. The van der Waals surface area contributed by atoms with Gasteiger partial charge in [0, 0.05) is 5.69 Å². The van der Waals surface area contributed by atoms with Gasteiger partial charge in [0.05, 0.1) is 0 Å². The molecule has 0 bridgehead atoms. The fraction of sp³-hybridized carbons (Fsp3) is 0.625. The Morgan fingerprint density at radius 3 is 1.71 bits per heavy atom. The van der Waals surface area contributed by atoms with Crippen molar-refractivity contribution in [2.75, 3.05) is 5.73 Å². The lowest BCUT2D eigenvalue weighted by Gasteiger charge is -2.33. The van der Waals surface area contributed by atoms with Gasteiger partial charge in [-0.05, 0) is 47.8 Å². The Morgan fingerprint density at radius 2 is 1.35 bits per heavy atom. The molecule has 1 nitrogen and oxygen atoms in total. The first-order valence-corrected chi connectivity index (χ1v) is 6.40. The van der Waals surface area contributed by atoms with Crippen molar-refractivity contribution in [3.63, 3.8) is 0 Å². The van der Waals surface area contributed by atoms with Crippen LogP contribution in [0.1, 0.15) is 57.7 Å². The number of nitrogens with two attached hydrogens (primary N) is 1. The maximum atomic E-state index is 6.02. The highest BCUT2D eigenvalue weighted by Crippen LogP contribution is 2.37. The third-order valence-corrected chi connectivity index (χ3v) is 3.35. The van der Waals surface area contributed by atoms with Crippen molar-refractivity contribution < 1.29 is 0 Å². The molecule has 0 amide bonds. The second-order valence-corrected chi connectivity index (χ2v) is 7.15. The van der Waals surface area contributed by atoms with Gasteiger partial charge in [-0.15, -0.1) is 0 Å². The van der Waals surface area contributed by atoms with E-state index in [9.17, 15) is 0 Å². The van der Waals surface area contributed by atoms with Crippen LogP contribution in [-0.2, 0) is 5.41 Å². The molecule has 0 aliphatic heterocycles. The monoisotopic (exact) mass is 233 g/mol. The zero-order chi connectivity index (χ0) is 13.4. The van der Waals surface area contributed by atoms with E-state index in [0.717, 1.165) is 5.69 Å². The average Bonchev–Trinajstić information content (AvgIpc) is 2.09. The minimum atomic E-state index is 0.196. The maximum Gasteiger partial charge on any atom is 0.0373 e. The largest absolute Gasteiger partial charge is 0.398 e. The Labute approximate surface area is 106 Å². The second kappa shape index (κ2) is 4.36. The number of anilines is 1. The zero-order valence-corrected chi connectivity index (χ0v) is 12.4. The summed E-state index contributed by atoms with van der Waals surface area (Å²) in [5.74, 6) is 0. The summed E-state index contributed by atoms with van der Waals surface area (Å²) in [6.45, 7) is 15.7.